The van der Waals surface area contributed by atoms with Crippen LogP contribution in [0, 0.1) is 13.8 Å². The van der Waals surface area contributed by atoms with Crippen molar-refractivity contribution in [1.82, 2.24) is 5.16 Å². The number of rotatable bonds is 2. The summed E-state index contributed by atoms with van der Waals surface area (Å²) in [4.78, 5) is 10.7. The number of aromatic nitrogens is 1. The van der Waals surface area contributed by atoms with Crippen LogP contribution in [0.25, 0.3) is 11.3 Å². The number of phenols is 1. The maximum Gasteiger partial charge on any atom is 0.374 e. The van der Waals surface area contributed by atoms with Gasteiger partial charge in [-0.15, -0.1) is 0 Å². The number of carboxylic acids is 1. The number of hydrogen-bond donors (Lipinski definition) is 2. The highest BCUT2D eigenvalue weighted by atomic mass is 35.5. The van der Waals surface area contributed by atoms with Gasteiger partial charge in [-0.2, -0.15) is 0 Å². The molecule has 18 heavy (non-hydrogen) atoms. The van der Waals surface area contributed by atoms with Gasteiger partial charge in [-0.1, -0.05) is 16.8 Å². The molecule has 0 bridgehead atoms. The molecule has 0 radical (unpaired) electrons. The highest BCUT2D eigenvalue weighted by Gasteiger charge is 2.19. The first-order chi connectivity index (χ1) is 8.41. The largest absolute Gasteiger partial charge is 0.507 e. The van der Waals surface area contributed by atoms with Crippen LogP contribution in [0.3, 0.4) is 0 Å². The second kappa shape index (κ2) is 4.34. The lowest BCUT2D eigenvalue weighted by molar-refractivity contribution is 0.0652. The van der Waals surface area contributed by atoms with E-state index in [9.17, 15) is 9.90 Å². The van der Waals surface area contributed by atoms with E-state index in [0.29, 0.717) is 21.7 Å². The van der Waals surface area contributed by atoms with Crippen molar-refractivity contribution in [2.45, 2.75) is 13.8 Å². The molecule has 2 aromatic rings. The fraction of sp³-hybridized carbons (Fsp3) is 0.167. The Morgan fingerprint density at radius 2 is 2.06 bits per heavy atom. The number of benzene rings is 1. The fourth-order valence-electron chi connectivity index (χ4n) is 1.68. The Kier molecular flexibility index (Phi) is 3.00. The van der Waals surface area contributed by atoms with Gasteiger partial charge in [0.15, 0.2) is 0 Å². The number of aromatic hydroxyl groups is 1. The lowest BCUT2D eigenvalue weighted by Crippen LogP contribution is -1.92. The predicted octanol–water partition coefficient (Wildman–Crippen LogP) is 3.02. The van der Waals surface area contributed by atoms with Gasteiger partial charge in [-0.3, -0.25) is 0 Å². The van der Waals surface area contributed by atoms with E-state index in [1.807, 2.05) is 0 Å². The van der Waals surface area contributed by atoms with Gasteiger partial charge in [0.2, 0.25) is 5.76 Å². The van der Waals surface area contributed by atoms with Gasteiger partial charge >= 0.3 is 5.97 Å². The van der Waals surface area contributed by atoms with Crippen LogP contribution in [-0.2, 0) is 0 Å². The van der Waals surface area contributed by atoms with E-state index in [2.05, 4.69) is 9.68 Å². The first-order valence-electron chi connectivity index (χ1n) is 5.11. The third-order valence-corrected chi connectivity index (χ3v) is 3.06. The molecule has 0 amide bonds. The van der Waals surface area contributed by atoms with Crippen molar-refractivity contribution >= 4 is 17.6 Å². The van der Waals surface area contributed by atoms with Gasteiger partial charge < -0.3 is 14.7 Å². The smallest absolute Gasteiger partial charge is 0.374 e. The van der Waals surface area contributed by atoms with Crippen LogP contribution in [-0.4, -0.2) is 21.3 Å². The molecule has 1 aromatic carbocycles. The maximum atomic E-state index is 10.7. The molecule has 0 saturated carbocycles. The summed E-state index contributed by atoms with van der Waals surface area (Å²) >= 11 is 5.94. The summed E-state index contributed by atoms with van der Waals surface area (Å²) in [6, 6.07) is 2.94. The second-order valence-electron chi connectivity index (χ2n) is 3.91. The normalized spacial score (nSPS) is 10.6. The Bertz CT molecular complexity index is 633. The summed E-state index contributed by atoms with van der Waals surface area (Å²) in [7, 11) is 0. The summed E-state index contributed by atoms with van der Waals surface area (Å²) < 4.78 is 4.67. The average molecular weight is 268 g/mol. The van der Waals surface area contributed by atoms with Gasteiger partial charge in [0, 0.05) is 22.2 Å². The number of aromatic carboxylic acids is 1. The molecular weight excluding hydrogens is 258 g/mol. The minimum atomic E-state index is -1.21. The second-order valence-corrected chi connectivity index (χ2v) is 4.31. The standard InChI is InChI=1S/C12H10ClNO4/c1-5-3-7(13)6(2)11(15)10(5)8-4-9(12(16)17)18-14-8/h3-4,15H,1-2H3,(H,16,17). The summed E-state index contributed by atoms with van der Waals surface area (Å²) in [5, 5.41) is 22.9. The predicted molar refractivity (Wildman–Crippen MR) is 65.0 cm³/mol. The molecule has 0 unspecified atom stereocenters. The molecular formula is C12H10ClNO4. The molecule has 0 aliphatic carbocycles. The minimum absolute atomic E-state index is 0.0229. The first-order valence-corrected chi connectivity index (χ1v) is 5.48. The van der Waals surface area contributed by atoms with Gasteiger partial charge in [0.25, 0.3) is 0 Å². The van der Waals surface area contributed by atoms with Crippen LogP contribution in [0.4, 0.5) is 0 Å². The van der Waals surface area contributed by atoms with Crippen LogP contribution >= 0.6 is 11.6 Å². The van der Waals surface area contributed by atoms with E-state index >= 15 is 0 Å². The molecule has 94 valence electrons. The molecule has 2 rings (SSSR count). The number of nitrogens with zero attached hydrogens (tertiary/aromatic N) is 1. The molecule has 0 aliphatic rings. The Labute approximate surface area is 108 Å². The van der Waals surface area contributed by atoms with Crippen molar-refractivity contribution in [2.75, 3.05) is 0 Å². The van der Waals surface area contributed by atoms with Gasteiger partial charge in [-0.05, 0) is 25.5 Å². The van der Waals surface area contributed by atoms with Crippen LogP contribution in [0.2, 0.25) is 5.02 Å². The zero-order chi connectivity index (χ0) is 13.4. The Hall–Kier alpha value is -2.01. The quantitative estimate of drug-likeness (QED) is 0.874. The minimum Gasteiger partial charge on any atom is -0.507 e. The summed E-state index contributed by atoms with van der Waals surface area (Å²) in [5.41, 5.74) is 1.89. The number of carbonyl (C=O) groups is 1. The van der Waals surface area contributed by atoms with Crippen molar-refractivity contribution < 1.29 is 19.5 Å². The molecule has 0 saturated heterocycles. The number of hydrogen-bond acceptors (Lipinski definition) is 4. The van der Waals surface area contributed by atoms with Crippen LogP contribution < -0.4 is 0 Å². The molecule has 1 heterocycles. The van der Waals surface area contributed by atoms with Gasteiger partial charge in [0.1, 0.15) is 11.4 Å². The fourth-order valence-corrected chi connectivity index (χ4v) is 1.93. The third kappa shape index (κ3) is 1.93. The zero-order valence-electron chi connectivity index (χ0n) is 9.69. The molecule has 2 N–H and O–H groups in total. The zero-order valence-corrected chi connectivity index (χ0v) is 10.4. The van der Waals surface area contributed by atoms with Crippen molar-refractivity contribution in [3.8, 4) is 17.0 Å². The van der Waals surface area contributed by atoms with Gasteiger partial charge in [-0.25, -0.2) is 4.79 Å². The van der Waals surface area contributed by atoms with E-state index < -0.39 is 5.97 Å². The first kappa shape index (κ1) is 12.4. The van der Waals surface area contributed by atoms with E-state index in [0.717, 1.165) is 0 Å². The number of aryl methyl sites for hydroxylation is 1. The van der Waals surface area contributed by atoms with Crippen molar-refractivity contribution in [1.29, 1.82) is 0 Å². The number of carboxylic acid groups (broad SMARTS) is 1. The summed E-state index contributed by atoms with van der Waals surface area (Å²) in [6.07, 6.45) is 0. The molecule has 0 aliphatic heterocycles. The number of halogens is 1. The Balaban J connectivity index is 2.63. The molecule has 0 fully saturated rings. The Morgan fingerprint density at radius 3 is 2.61 bits per heavy atom. The van der Waals surface area contributed by atoms with E-state index in [-0.39, 0.29) is 17.2 Å². The Morgan fingerprint density at radius 1 is 1.39 bits per heavy atom. The summed E-state index contributed by atoms with van der Waals surface area (Å²) in [6.45, 7) is 3.41. The monoisotopic (exact) mass is 267 g/mol. The lowest BCUT2D eigenvalue weighted by atomic mass is 10.0. The third-order valence-electron chi connectivity index (χ3n) is 2.66. The number of phenolic OH excluding ortho intramolecular Hbond substituents is 1. The maximum absolute atomic E-state index is 10.7. The molecule has 1 aromatic heterocycles. The van der Waals surface area contributed by atoms with Crippen molar-refractivity contribution in [2.24, 2.45) is 0 Å². The summed E-state index contributed by atoms with van der Waals surface area (Å²) in [5.74, 6) is -1.52. The molecule has 0 atom stereocenters. The average Bonchev–Trinajstić information content (AvgIpc) is 2.75. The molecule has 6 heteroatoms. The SMILES string of the molecule is Cc1cc(Cl)c(C)c(O)c1-c1cc(C(=O)O)on1. The topological polar surface area (TPSA) is 83.6 Å². The van der Waals surface area contributed by atoms with Crippen molar-refractivity contribution in [3.63, 3.8) is 0 Å². The highest BCUT2D eigenvalue weighted by molar-refractivity contribution is 6.31. The highest BCUT2D eigenvalue weighted by Crippen LogP contribution is 2.38. The van der Waals surface area contributed by atoms with Crippen molar-refractivity contribution in [3.05, 3.63) is 34.0 Å². The lowest BCUT2D eigenvalue weighted by Gasteiger charge is -2.09. The van der Waals surface area contributed by atoms with E-state index in [4.69, 9.17) is 16.7 Å². The molecule has 0 spiro atoms. The van der Waals surface area contributed by atoms with E-state index in [1.54, 1.807) is 19.9 Å². The van der Waals surface area contributed by atoms with Crippen LogP contribution in [0.1, 0.15) is 21.7 Å². The van der Waals surface area contributed by atoms with Crippen LogP contribution in [0.15, 0.2) is 16.7 Å². The van der Waals surface area contributed by atoms with Crippen LogP contribution in [0.5, 0.6) is 5.75 Å². The van der Waals surface area contributed by atoms with E-state index in [1.165, 1.54) is 6.07 Å². The van der Waals surface area contributed by atoms with Gasteiger partial charge in [0.05, 0.1) is 0 Å². The molecule has 5 nitrogen and oxygen atoms in total.